The summed E-state index contributed by atoms with van der Waals surface area (Å²) in [6.07, 6.45) is 19.3. The molecule has 11 nitrogen and oxygen atoms in total. The first kappa shape index (κ1) is 38.2. The van der Waals surface area contributed by atoms with Crippen LogP contribution in [-0.4, -0.2) is 48.4 Å². The molecule has 0 spiro atoms. The number of nitrogens with one attached hydrogen (secondary N) is 5. The minimum absolute atomic E-state index is 0.0319. The lowest BCUT2D eigenvalue weighted by Crippen LogP contribution is -2.57. The van der Waals surface area contributed by atoms with E-state index in [0.717, 1.165) is 44.3 Å². The van der Waals surface area contributed by atoms with Crippen LogP contribution in [0.3, 0.4) is 0 Å². The maximum atomic E-state index is 12.5. The Bertz CT molecular complexity index is 884. The number of carbonyl (C=O) groups excluding carboxylic acids is 1. The quantitative estimate of drug-likeness (QED) is 0.0322. The standard InChI is InChI=1S/C18H41N7.C14H21NO3/c1-3-5-7-9-11-13-15(24-17(19)20)23-16(25-18(21)22)14-12-10-8-6-4-2;1-10-9-13(11(2)18-10)14(16)15(17-3)12-7-5-4-6-8-12/h15-16,23H,3-14H2,1-2H3,(H4,19,20,24)(H4,21,22,25);9,12H,4-8H2,1-3H3. The molecule has 43 heavy (non-hydrogen) atoms. The number of furan rings is 1. The number of carbonyl (C=O) groups is 1. The number of nitrogens with zero attached hydrogens (tertiary/aromatic N) is 1. The van der Waals surface area contributed by atoms with Gasteiger partial charge in [0.1, 0.15) is 11.5 Å². The molecule has 0 radical (unpaired) electrons. The van der Waals surface area contributed by atoms with Gasteiger partial charge in [0, 0.05) is 0 Å². The van der Waals surface area contributed by atoms with Gasteiger partial charge in [-0.1, -0.05) is 97.3 Å². The molecule has 2 unspecified atom stereocenters. The topological polar surface area (TPSA) is 179 Å². The molecule has 2 rings (SSSR count). The summed E-state index contributed by atoms with van der Waals surface area (Å²) in [5, 5.41) is 25.9. The Morgan fingerprint density at radius 1 is 0.907 bits per heavy atom. The zero-order valence-electron chi connectivity index (χ0n) is 27.7. The molecule has 1 amide bonds. The van der Waals surface area contributed by atoms with E-state index in [4.69, 9.17) is 31.5 Å². The van der Waals surface area contributed by atoms with Crippen LogP contribution in [0.1, 0.15) is 145 Å². The number of amides is 1. The molecule has 248 valence electrons. The SMILES string of the molecule is CCCCCCCC(NC(=N)N)NC(CCCCCCC)NC(=N)N.CON(C(=O)c1cc(C)oc1C)C1CCCCC1. The van der Waals surface area contributed by atoms with E-state index in [9.17, 15) is 4.79 Å². The largest absolute Gasteiger partial charge is 0.466 e. The van der Waals surface area contributed by atoms with Crippen molar-refractivity contribution < 1.29 is 14.0 Å². The summed E-state index contributed by atoms with van der Waals surface area (Å²) in [6.45, 7) is 8.08. The van der Waals surface area contributed by atoms with Crippen molar-refractivity contribution in [2.75, 3.05) is 7.11 Å². The molecule has 1 aliphatic carbocycles. The smallest absolute Gasteiger partial charge is 0.281 e. The predicted molar refractivity (Wildman–Crippen MR) is 176 cm³/mol. The third kappa shape index (κ3) is 16.6. The van der Waals surface area contributed by atoms with Gasteiger partial charge in [-0.05, 0) is 45.6 Å². The molecule has 0 aliphatic heterocycles. The highest BCUT2D eigenvalue weighted by atomic mass is 16.7. The second-order valence-corrected chi connectivity index (χ2v) is 11.7. The monoisotopic (exact) mass is 606 g/mol. The van der Waals surface area contributed by atoms with Gasteiger partial charge in [0.05, 0.1) is 31.0 Å². The summed E-state index contributed by atoms with van der Waals surface area (Å²) in [5.74, 6) is 1.27. The molecule has 2 atom stereocenters. The maximum absolute atomic E-state index is 12.5. The van der Waals surface area contributed by atoms with E-state index in [1.54, 1.807) is 13.2 Å². The molecule has 0 bridgehead atoms. The summed E-state index contributed by atoms with van der Waals surface area (Å²) >= 11 is 0. The van der Waals surface area contributed by atoms with Gasteiger partial charge in [-0.25, -0.2) is 5.06 Å². The van der Waals surface area contributed by atoms with Crippen LogP contribution in [0.2, 0.25) is 0 Å². The molecule has 0 aromatic carbocycles. The minimum atomic E-state index is -0.0845. The van der Waals surface area contributed by atoms with Gasteiger partial charge in [0.2, 0.25) is 0 Å². The van der Waals surface area contributed by atoms with Crippen molar-refractivity contribution in [3.05, 3.63) is 23.2 Å². The van der Waals surface area contributed by atoms with E-state index in [1.807, 2.05) is 13.8 Å². The third-order valence-corrected chi connectivity index (χ3v) is 7.83. The van der Waals surface area contributed by atoms with Gasteiger partial charge in [-0.2, -0.15) is 0 Å². The van der Waals surface area contributed by atoms with Crippen LogP contribution in [0.25, 0.3) is 0 Å². The van der Waals surface area contributed by atoms with Crippen molar-refractivity contribution in [3.63, 3.8) is 0 Å². The summed E-state index contributed by atoms with van der Waals surface area (Å²) in [6, 6.07) is 1.98. The molecular weight excluding hydrogens is 544 g/mol. The van der Waals surface area contributed by atoms with Crippen LogP contribution in [0.4, 0.5) is 0 Å². The number of hydrogen-bond acceptors (Lipinski definition) is 6. The first-order valence-corrected chi connectivity index (χ1v) is 16.5. The average Bonchev–Trinajstić information content (AvgIpc) is 3.30. The molecule has 1 fully saturated rings. The van der Waals surface area contributed by atoms with E-state index in [2.05, 4.69) is 29.8 Å². The van der Waals surface area contributed by atoms with Crippen molar-refractivity contribution in [3.8, 4) is 0 Å². The normalized spacial score (nSPS) is 14.7. The number of unbranched alkanes of at least 4 members (excludes halogenated alkanes) is 8. The highest BCUT2D eigenvalue weighted by Crippen LogP contribution is 2.25. The predicted octanol–water partition coefficient (Wildman–Crippen LogP) is 6.15. The molecule has 11 heteroatoms. The van der Waals surface area contributed by atoms with Crippen LogP contribution in [0.5, 0.6) is 0 Å². The minimum Gasteiger partial charge on any atom is -0.466 e. The summed E-state index contributed by atoms with van der Waals surface area (Å²) in [4.78, 5) is 17.8. The Morgan fingerprint density at radius 3 is 1.79 bits per heavy atom. The van der Waals surface area contributed by atoms with Gasteiger partial charge in [0.15, 0.2) is 11.9 Å². The molecule has 0 saturated heterocycles. The molecule has 1 aromatic heterocycles. The van der Waals surface area contributed by atoms with E-state index >= 15 is 0 Å². The lowest BCUT2D eigenvalue weighted by molar-refractivity contribution is -0.129. The van der Waals surface area contributed by atoms with E-state index < -0.39 is 0 Å². The van der Waals surface area contributed by atoms with Crippen LogP contribution in [0, 0.1) is 24.7 Å². The average molecular weight is 607 g/mol. The highest BCUT2D eigenvalue weighted by Gasteiger charge is 2.28. The zero-order chi connectivity index (χ0) is 32.0. The van der Waals surface area contributed by atoms with Crippen LogP contribution < -0.4 is 27.4 Å². The van der Waals surface area contributed by atoms with Crippen LogP contribution in [0.15, 0.2) is 10.5 Å². The summed E-state index contributed by atoms with van der Waals surface area (Å²) in [5.41, 5.74) is 11.7. The Labute approximate surface area is 260 Å². The number of nitrogens with two attached hydrogens (primary N) is 2. The third-order valence-electron chi connectivity index (χ3n) is 7.83. The first-order valence-electron chi connectivity index (χ1n) is 16.5. The Balaban J connectivity index is 0.000000450. The zero-order valence-corrected chi connectivity index (χ0v) is 27.7. The number of hydroxylamine groups is 2. The van der Waals surface area contributed by atoms with Gasteiger partial charge in [0.25, 0.3) is 5.91 Å². The van der Waals surface area contributed by atoms with Gasteiger partial charge >= 0.3 is 0 Å². The van der Waals surface area contributed by atoms with Crippen LogP contribution in [-0.2, 0) is 4.84 Å². The van der Waals surface area contributed by atoms with Crippen molar-refractivity contribution >= 4 is 17.8 Å². The van der Waals surface area contributed by atoms with E-state index in [-0.39, 0.29) is 36.2 Å². The molecular formula is C32H62N8O3. The molecule has 1 heterocycles. The second kappa shape index (κ2) is 22.7. The molecule has 1 saturated carbocycles. The Kier molecular flexibility index (Phi) is 20.2. The van der Waals surface area contributed by atoms with Crippen molar-refractivity contribution in [2.45, 2.75) is 155 Å². The fourth-order valence-electron chi connectivity index (χ4n) is 5.59. The number of aryl methyl sites for hydroxylation is 2. The fraction of sp³-hybridized carbons (Fsp3) is 0.781. The molecule has 1 aromatic rings. The number of hydrogen-bond donors (Lipinski definition) is 7. The molecule has 1 aliphatic rings. The lowest BCUT2D eigenvalue weighted by Gasteiger charge is -2.31. The van der Waals surface area contributed by atoms with Crippen molar-refractivity contribution in [1.82, 2.24) is 21.0 Å². The van der Waals surface area contributed by atoms with E-state index in [1.165, 1.54) is 75.7 Å². The highest BCUT2D eigenvalue weighted by molar-refractivity contribution is 5.94. The Morgan fingerprint density at radius 2 is 1.40 bits per heavy atom. The van der Waals surface area contributed by atoms with Crippen LogP contribution >= 0.6 is 0 Å². The second-order valence-electron chi connectivity index (χ2n) is 11.7. The van der Waals surface area contributed by atoms with Gasteiger partial charge < -0.3 is 26.5 Å². The van der Waals surface area contributed by atoms with Crippen molar-refractivity contribution in [2.24, 2.45) is 11.5 Å². The summed E-state index contributed by atoms with van der Waals surface area (Å²) < 4.78 is 5.41. The fourth-order valence-corrected chi connectivity index (χ4v) is 5.59. The Hall–Kier alpha value is -2.79. The lowest BCUT2D eigenvalue weighted by atomic mass is 9.95. The number of rotatable bonds is 19. The van der Waals surface area contributed by atoms with Gasteiger partial charge in [-0.3, -0.25) is 25.8 Å². The molecule has 9 N–H and O–H groups in total. The first-order chi connectivity index (χ1) is 20.6. The van der Waals surface area contributed by atoms with E-state index in [0.29, 0.717) is 11.3 Å². The summed E-state index contributed by atoms with van der Waals surface area (Å²) in [7, 11) is 1.56. The van der Waals surface area contributed by atoms with Crippen molar-refractivity contribution in [1.29, 1.82) is 10.8 Å². The van der Waals surface area contributed by atoms with Gasteiger partial charge in [-0.15, -0.1) is 0 Å². The number of guanidine groups is 2. The maximum Gasteiger partial charge on any atom is 0.281 e.